The predicted octanol–water partition coefficient (Wildman–Crippen LogP) is 5.68. The van der Waals surface area contributed by atoms with Gasteiger partial charge in [0.2, 0.25) is 0 Å². The van der Waals surface area contributed by atoms with Crippen molar-refractivity contribution in [1.82, 2.24) is 0 Å². The lowest BCUT2D eigenvalue weighted by atomic mass is 9.98. The van der Waals surface area contributed by atoms with Crippen LogP contribution in [0.15, 0.2) is 41.1 Å². The number of hydrogen-bond acceptors (Lipinski definition) is 4. The molecule has 3 nitrogen and oxygen atoms in total. The summed E-state index contributed by atoms with van der Waals surface area (Å²) in [6.45, 7) is 16.2. The fraction of sp³-hybridized carbons (Fsp3) is 0.545. The molecule has 2 aromatic rings. The number of rotatable bonds is 9. The summed E-state index contributed by atoms with van der Waals surface area (Å²) in [4.78, 5) is 0. The van der Waals surface area contributed by atoms with Gasteiger partial charge in [0.1, 0.15) is 12.4 Å². The molecule has 0 radical (unpaired) electrons. The van der Waals surface area contributed by atoms with Crippen LogP contribution >= 0.6 is 11.3 Å². The molecule has 0 N–H and O–H groups in total. The average Bonchev–Trinajstić information content (AvgIpc) is 3.10. The number of thiophene rings is 1. The van der Waals surface area contributed by atoms with Crippen LogP contribution in [-0.4, -0.2) is 22.0 Å². The summed E-state index contributed by atoms with van der Waals surface area (Å²) >= 11 is 1.69. The second-order valence-electron chi connectivity index (χ2n) is 9.36. The molecule has 0 amide bonds. The minimum atomic E-state index is -0.632. The van der Waals surface area contributed by atoms with Crippen molar-refractivity contribution < 1.29 is 13.9 Å². The van der Waals surface area contributed by atoms with Crippen molar-refractivity contribution in [2.75, 3.05) is 6.61 Å². The zero-order chi connectivity index (χ0) is 20.1. The smallest absolute Gasteiger partial charge is 0.168 e. The SMILES string of the molecule is CC(C)(COc1cccc(C(C)(C)O[SiH2]C(C)(C)C)c1)OCc1ccsc1. The molecule has 0 fully saturated rings. The molecule has 0 aliphatic carbocycles. The lowest BCUT2D eigenvalue weighted by Crippen LogP contribution is -2.32. The highest BCUT2D eigenvalue weighted by Gasteiger charge is 2.25. The van der Waals surface area contributed by atoms with E-state index in [0.29, 0.717) is 13.2 Å². The van der Waals surface area contributed by atoms with E-state index in [9.17, 15) is 0 Å². The van der Waals surface area contributed by atoms with Crippen LogP contribution < -0.4 is 4.74 Å². The maximum atomic E-state index is 6.32. The summed E-state index contributed by atoms with van der Waals surface area (Å²) in [6, 6.07) is 10.3. The Morgan fingerprint density at radius 3 is 2.37 bits per heavy atom. The first-order valence-electron chi connectivity index (χ1n) is 9.49. The molecule has 5 heteroatoms. The highest BCUT2D eigenvalue weighted by atomic mass is 32.1. The fourth-order valence-electron chi connectivity index (χ4n) is 2.39. The third-order valence-corrected chi connectivity index (χ3v) is 6.66. The molecule has 1 aromatic heterocycles. The molecule has 0 saturated carbocycles. The van der Waals surface area contributed by atoms with E-state index >= 15 is 0 Å². The topological polar surface area (TPSA) is 27.7 Å². The molecule has 0 aliphatic rings. The third kappa shape index (κ3) is 7.78. The Morgan fingerprint density at radius 1 is 1.00 bits per heavy atom. The van der Waals surface area contributed by atoms with E-state index in [1.165, 1.54) is 5.56 Å². The summed E-state index contributed by atoms with van der Waals surface area (Å²) in [7, 11) is -0.632. The molecule has 0 saturated heterocycles. The van der Waals surface area contributed by atoms with Crippen LogP contribution in [0.5, 0.6) is 5.75 Å². The highest BCUT2D eigenvalue weighted by molar-refractivity contribution is 7.07. The molecule has 1 aromatic carbocycles. The Morgan fingerprint density at radius 2 is 1.74 bits per heavy atom. The lowest BCUT2D eigenvalue weighted by molar-refractivity contribution is -0.0569. The van der Waals surface area contributed by atoms with Gasteiger partial charge in [-0.15, -0.1) is 0 Å². The standard InChI is InChI=1S/C22H34O3SSi/c1-20(2,3)27-25-22(6,7)18-9-8-10-19(13-18)23-16-21(4,5)24-14-17-11-12-26-15-17/h8-13,15H,14,16,27H2,1-7H3. The minimum absolute atomic E-state index is 0.273. The zero-order valence-corrected chi connectivity index (χ0v) is 20.0. The van der Waals surface area contributed by atoms with Gasteiger partial charge in [0.15, 0.2) is 9.76 Å². The number of hydrogen-bond donors (Lipinski definition) is 0. The number of benzene rings is 1. The van der Waals surface area contributed by atoms with Crippen molar-refractivity contribution >= 4 is 21.1 Å². The largest absolute Gasteiger partial charge is 0.491 e. The molecule has 0 unspecified atom stereocenters. The first kappa shape index (κ1) is 22.1. The van der Waals surface area contributed by atoms with E-state index in [1.807, 2.05) is 12.1 Å². The normalized spacial score (nSPS) is 13.4. The van der Waals surface area contributed by atoms with Crippen LogP contribution in [-0.2, 0) is 21.4 Å². The first-order valence-corrected chi connectivity index (χ1v) is 11.7. The van der Waals surface area contributed by atoms with Gasteiger partial charge in [-0.25, -0.2) is 0 Å². The lowest BCUT2D eigenvalue weighted by Gasteiger charge is -2.31. The maximum Gasteiger partial charge on any atom is 0.168 e. The molecule has 2 rings (SSSR count). The van der Waals surface area contributed by atoms with Crippen molar-refractivity contribution in [1.29, 1.82) is 0 Å². The van der Waals surface area contributed by atoms with Crippen molar-refractivity contribution in [3.8, 4) is 5.75 Å². The van der Waals surface area contributed by atoms with Gasteiger partial charge in [-0.05, 0) is 72.8 Å². The third-order valence-electron chi connectivity index (χ3n) is 4.19. The van der Waals surface area contributed by atoms with E-state index in [2.05, 4.69) is 77.4 Å². The zero-order valence-electron chi connectivity index (χ0n) is 17.8. The summed E-state index contributed by atoms with van der Waals surface area (Å²) in [5.74, 6) is 0.855. The van der Waals surface area contributed by atoms with E-state index < -0.39 is 9.76 Å². The Hall–Kier alpha value is -1.14. The summed E-state index contributed by atoms with van der Waals surface area (Å²) in [6.07, 6.45) is 0. The molecule has 0 aliphatic heterocycles. The fourth-order valence-corrected chi connectivity index (χ4v) is 4.01. The van der Waals surface area contributed by atoms with Crippen LogP contribution in [0.4, 0.5) is 0 Å². The number of ether oxygens (including phenoxy) is 2. The Bertz CT molecular complexity index is 703. The quantitative estimate of drug-likeness (QED) is 0.502. The van der Waals surface area contributed by atoms with Gasteiger partial charge in [0.05, 0.1) is 17.8 Å². The summed E-state index contributed by atoms with van der Waals surface area (Å²) in [5, 5.41) is 4.46. The Kier molecular flexibility index (Phi) is 7.31. The Labute approximate surface area is 171 Å². The van der Waals surface area contributed by atoms with Crippen LogP contribution in [0, 0.1) is 0 Å². The summed E-state index contributed by atoms with van der Waals surface area (Å²) in [5.41, 5.74) is 1.69. The molecule has 27 heavy (non-hydrogen) atoms. The highest BCUT2D eigenvalue weighted by Crippen LogP contribution is 2.31. The van der Waals surface area contributed by atoms with Crippen LogP contribution in [0.2, 0.25) is 5.04 Å². The average molecular weight is 407 g/mol. The molecule has 1 heterocycles. The first-order chi connectivity index (χ1) is 12.5. The van der Waals surface area contributed by atoms with Crippen molar-refractivity contribution in [2.45, 2.75) is 71.3 Å². The maximum absolute atomic E-state index is 6.32. The van der Waals surface area contributed by atoms with Gasteiger partial charge in [-0.1, -0.05) is 32.9 Å². The van der Waals surface area contributed by atoms with E-state index in [1.54, 1.807) is 11.3 Å². The second-order valence-corrected chi connectivity index (χ2v) is 12.8. The molecule has 0 atom stereocenters. The predicted molar refractivity (Wildman–Crippen MR) is 117 cm³/mol. The second kappa shape index (κ2) is 8.91. The van der Waals surface area contributed by atoms with E-state index in [-0.39, 0.29) is 16.2 Å². The van der Waals surface area contributed by atoms with Crippen LogP contribution in [0.25, 0.3) is 0 Å². The van der Waals surface area contributed by atoms with Crippen molar-refractivity contribution in [3.05, 3.63) is 52.2 Å². The minimum Gasteiger partial charge on any atom is -0.491 e. The van der Waals surface area contributed by atoms with E-state index in [4.69, 9.17) is 13.9 Å². The van der Waals surface area contributed by atoms with Gasteiger partial charge in [0.25, 0.3) is 0 Å². The molecule has 0 spiro atoms. The van der Waals surface area contributed by atoms with Gasteiger partial charge >= 0.3 is 0 Å². The van der Waals surface area contributed by atoms with Crippen LogP contribution in [0.3, 0.4) is 0 Å². The summed E-state index contributed by atoms with van der Waals surface area (Å²) < 4.78 is 18.4. The molecular weight excluding hydrogens is 372 g/mol. The molecule has 150 valence electrons. The molecule has 0 bridgehead atoms. The molecular formula is C22H34O3SSi. The van der Waals surface area contributed by atoms with Crippen LogP contribution in [0.1, 0.15) is 59.6 Å². The van der Waals surface area contributed by atoms with Crippen molar-refractivity contribution in [3.63, 3.8) is 0 Å². The monoisotopic (exact) mass is 406 g/mol. The Balaban J connectivity index is 1.94. The van der Waals surface area contributed by atoms with Gasteiger partial charge in [-0.3, -0.25) is 0 Å². The van der Waals surface area contributed by atoms with Gasteiger partial charge in [-0.2, -0.15) is 11.3 Å². The van der Waals surface area contributed by atoms with Gasteiger partial charge in [0, 0.05) is 0 Å². The van der Waals surface area contributed by atoms with Gasteiger partial charge < -0.3 is 13.9 Å². The van der Waals surface area contributed by atoms with E-state index in [0.717, 1.165) is 11.3 Å². The van der Waals surface area contributed by atoms with Crippen molar-refractivity contribution in [2.24, 2.45) is 0 Å².